The summed E-state index contributed by atoms with van der Waals surface area (Å²) in [5.74, 6) is 0.680. The highest BCUT2D eigenvalue weighted by atomic mass is 32.1. The highest BCUT2D eigenvalue weighted by Crippen LogP contribution is 2.21. The van der Waals surface area contributed by atoms with Gasteiger partial charge in [0.2, 0.25) is 23.5 Å². The van der Waals surface area contributed by atoms with Crippen molar-refractivity contribution in [2.75, 3.05) is 10.6 Å². The number of benzene rings is 1. The molecule has 2 amide bonds. The van der Waals surface area contributed by atoms with Crippen molar-refractivity contribution in [3.8, 4) is 10.7 Å². The van der Waals surface area contributed by atoms with Gasteiger partial charge in [-0.05, 0) is 35.7 Å². The van der Waals surface area contributed by atoms with Crippen LogP contribution in [0.1, 0.15) is 19.2 Å². The van der Waals surface area contributed by atoms with Crippen LogP contribution in [0.15, 0.2) is 46.3 Å². The molecule has 3 aromatic rings. The number of hydrogen-bond acceptors (Lipinski definition) is 6. The van der Waals surface area contributed by atoms with Crippen LogP contribution in [0.2, 0.25) is 0 Å². The Hall–Kier alpha value is -3.00. The fraction of sp³-hybridized carbons (Fsp3) is 0.176. The van der Waals surface area contributed by atoms with Gasteiger partial charge in [-0.3, -0.25) is 9.59 Å². The van der Waals surface area contributed by atoms with Gasteiger partial charge in [0, 0.05) is 31.1 Å². The number of aromatic nitrogens is 2. The minimum Gasteiger partial charge on any atom is -0.339 e. The van der Waals surface area contributed by atoms with Crippen LogP contribution in [0.3, 0.4) is 0 Å². The van der Waals surface area contributed by atoms with Crippen LogP contribution in [0.5, 0.6) is 0 Å². The molecule has 1 aromatic carbocycles. The Labute approximate surface area is 148 Å². The summed E-state index contributed by atoms with van der Waals surface area (Å²) >= 11 is 1.53. The molecule has 0 radical (unpaired) electrons. The van der Waals surface area contributed by atoms with Crippen LogP contribution in [0.4, 0.5) is 11.4 Å². The molecule has 128 valence electrons. The molecule has 2 heterocycles. The fourth-order valence-corrected chi connectivity index (χ4v) is 2.80. The molecule has 2 aromatic heterocycles. The number of rotatable bonds is 6. The average molecular weight is 356 g/mol. The number of carbonyl (C=O) groups is 2. The van der Waals surface area contributed by atoms with Crippen LogP contribution in [-0.2, 0) is 16.0 Å². The minimum atomic E-state index is -0.150. The largest absolute Gasteiger partial charge is 0.339 e. The number of carbonyl (C=O) groups excluding carboxylic acids is 2. The number of nitrogens with zero attached hydrogens (tertiary/aromatic N) is 2. The monoisotopic (exact) mass is 356 g/mol. The first-order chi connectivity index (χ1) is 12.1. The summed E-state index contributed by atoms with van der Waals surface area (Å²) in [4.78, 5) is 28.2. The number of hydrogen-bond donors (Lipinski definition) is 2. The van der Waals surface area contributed by atoms with Crippen LogP contribution in [0, 0.1) is 0 Å². The first kappa shape index (κ1) is 16.8. The zero-order valence-corrected chi connectivity index (χ0v) is 14.3. The van der Waals surface area contributed by atoms with Gasteiger partial charge in [-0.2, -0.15) is 4.98 Å². The van der Waals surface area contributed by atoms with Crippen LogP contribution >= 0.6 is 11.3 Å². The second-order valence-corrected chi connectivity index (χ2v) is 6.24. The lowest BCUT2D eigenvalue weighted by Crippen LogP contribution is -2.12. The Balaban J connectivity index is 1.50. The molecule has 0 atom stereocenters. The van der Waals surface area contributed by atoms with Crippen molar-refractivity contribution in [1.82, 2.24) is 10.1 Å². The van der Waals surface area contributed by atoms with Gasteiger partial charge in [-0.25, -0.2) is 0 Å². The van der Waals surface area contributed by atoms with Gasteiger partial charge in [-0.15, -0.1) is 11.3 Å². The smallest absolute Gasteiger partial charge is 0.227 e. The number of thiophene rings is 1. The molecule has 8 heteroatoms. The van der Waals surface area contributed by atoms with E-state index in [0.717, 1.165) is 4.88 Å². The average Bonchev–Trinajstić information content (AvgIpc) is 3.25. The summed E-state index contributed by atoms with van der Waals surface area (Å²) < 4.78 is 5.17. The maximum atomic E-state index is 12.0. The van der Waals surface area contributed by atoms with E-state index in [1.165, 1.54) is 18.3 Å². The maximum absolute atomic E-state index is 12.0. The number of nitrogens with one attached hydrogen (secondary N) is 2. The number of aryl methyl sites for hydroxylation is 1. The highest BCUT2D eigenvalue weighted by Gasteiger charge is 2.11. The van der Waals surface area contributed by atoms with E-state index < -0.39 is 0 Å². The Kier molecular flexibility index (Phi) is 5.20. The number of amides is 2. The molecule has 0 aliphatic carbocycles. The Morgan fingerprint density at radius 1 is 1.12 bits per heavy atom. The Morgan fingerprint density at radius 2 is 1.84 bits per heavy atom. The fourth-order valence-electron chi connectivity index (χ4n) is 2.15. The molecule has 0 saturated carbocycles. The van der Waals surface area contributed by atoms with Crippen molar-refractivity contribution in [2.24, 2.45) is 0 Å². The lowest BCUT2D eigenvalue weighted by atomic mass is 10.2. The van der Waals surface area contributed by atoms with Crippen molar-refractivity contribution in [1.29, 1.82) is 0 Å². The normalized spacial score (nSPS) is 10.4. The topological polar surface area (TPSA) is 97.1 Å². The van der Waals surface area contributed by atoms with E-state index >= 15 is 0 Å². The molecular formula is C17H16N4O3S. The van der Waals surface area contributed by atoms with Crippen molar-refractivity contribution in [3.63, 3.8) is 0 Å². The molecule has 0 bridgehead atoms. The summed E-state index contributed by atoms with van der Waals surface area (Å²) in [6.07, 6.45) is 0.605. The quantitative estimate of drug-likeness (QED) is 0.706. The van der Waals surface area contributed by atoms with Crippen LogP contribution < -0.4 is 10.6 Å². The number of anilines is 2. The third kappa shape index (κ3) is 4.74. The highest BCUT2D eigenvalue weighted by molar-refractivity contribution is 7.13. The van der Waals surface area contributed by atoms with Crippen molar-refractivity contribution in [3.05, 3.63) is 47.7 Å². The lowest BCUT2D eigenvalue weighted by Gasteiger charge is -2.06. The Morgan fingerprint density at radius 3 is 2.48 bits per heavy atom. The first-order valence-corrected chi connectivity index (χ1v) is 8.52. The van der Waals surface area contributed by atoms with Gasteiger partial charge in [0.15, 0.2) is 0 Å². The lowest BCUT2D eigenvalue weighted by molar-refractivity contribution is -0.116. The summed E-state index contributed by atoms with van der Waals surface area (Å²) in [5.41, 5.74) is 1.33. The molecule has 7 nitrogen and oxygen atoms in total. The van der Waals surface area contributed by atoms with Gasteiger partial charge in [0.1, 0.15) is 0 Å². The van der Waals surface area contributed by atoms with Gasteiger partial charge in [0.05, 0.1) is 4.88 Å². The molecule has 0 saturated heterocycles. The van der Waals surface area contributed by atoms with Gasteiger partial charge < -0.3 is 15.2 Å². The van der Waals surface area contributed by atoms with Crippen molar-refractivity contribution in [2.45, 2.75) is 19.8 Å². The second kappa shape index (κ2) is 7.71. The van der Waals surface area contributed by atoms with E-state index in [-0.39, 0.29) is 18.2 Å². The molecule has 2 N–H and O–H groups in total. The predicted molar refractivity (Wildman–Crippen MR) is 95.3 cm³/mol. The molecule has 0 aliphatic heterocycles. The standard InChI is InChI=1S/C17H16N4O3S/c1-11(22)18-12-4-6-13(7-5-12)19-15(23)8-9-16-20-17(21-24-16)14-3-2-10-25-14/h2-7,10H,8-9H2,1H3,(H,18,22)(H,19,23). The molecule has 25 heavy (non-hydrogen) atoms. The van der Waals surface area contributed by atoms with E-state index in [4.69, 9.17) is 4.52 Å². The van der Waals surface area contributed by atoms with E-state index in [2.05, 4.69) is 20.8 Å². The van der Waals surface area contributed by atoms with E-state index in [0.29, 0.717) is 29.5 Å². The second-order valence-electron chi connectivity index (χ2n) is 5.30. The minimum absolute atomic E-state index is 0.140. The molecule has 0 unspecified atom stereocenters. The summed E-state index contributed by atoms with van der Waals surface area (Å²) in [7, 11) is 0. The van der Waals surface area contributed by atoms with Gasteiger partial charge in [-0.1, -0.05) is 11.2 Å². The third-order valence-electron chi connectivity index (χ3n) is 3.26. The molecule has 0 spiro atoms. The maximum Gasteiger partial charge on any atom is 0.227 e. The van der Waals surface area contributed by atoms with Crippen LogP contribution in [0.25, 0.3) is 10.7 Å². The molecule has 0 aliphatic rings. The molecule has 3 rings (SSSR count). The van der Waals surface area contributed by atoms with E-state index in [1.54, 1.807) is 24.3 Å². The summed E-state index contributed by atoms with van der Waals surface area (Å²) in [6, 6.07) is 10.7. The van der Waals surface area contributed by atoms with Crippen LogP contribution in [-0.4, -0.2) is 22.0 Å². The zero-order valence-electron chi connectivity index (χ0n) is 13.5. The van der Waals surface area contributed by atoms with E-state index in [9.17, 15) is 9.59 Å². The molecular weight excluding hydrogens is 340 g/mol. The van der Waals surface area contributed by atoms with Gasteiger partial charge in [0.25, 0.3) is 0 Å². The van der Waals surface area contributed by atoms with Crippen molar-refractivity contribution >= 4 is 34.5 Å². The van der Waals surface area contributed by atoms with Gasteiger partial charge >= 0.3 is 0 Å². The first-order valence-electron chi connectivity index (χ1n) is 7.64. The predicted octanol–water partition coefficient (Wildman–Crippen LogP) is 3.33. The Bertz CT molecular complexity index is 856. The zero-order chi connectivity index (χ0) is 17.6. The SMILES string of the molecule is CC(=O)Nc1ccc(NC(=O)CCc2nc(-c3cccs3)no2)cc1. The molecule has 0 fully saturated rings. The summed E-state index contributed by atoms with van der Waals surface area (Å²) in [6.45, 7) is 1.44. The third-order valence-corrected chi connectivity index (χ3v) is 4.13. The summed E-state index contributed by atoms with van der Waals surface area (Å²) in [5, 5.41) is 11.3. The van der Waals surface area contributed by atoms with Crippen molar-refractivity contribution < 1.29 is 14.1 Å². The van der Waals surface area contributed by atoms with E-state index in [1.807, 2.05) is 17.5 Å².